The average Bonchev–Trinajstić information content (AvgIpc) is 2.74. The molecule has 162 valence electrons. The van der Waals surface area contributed by atoms with Gasteiger partial charge < -0.3 is 10.2 Å². The van der Waals surface area contributed by atoms with Gasteiger partial charge in [0, 0.05) is 23.9 Å². The van der Waals surface area contributed by atoms with Gasteiger partial charge in [0.1, 0.15) is 6.04 Å². The Balaban J connectivity index is 2.04. The van der Waals surface area contributed by atoms with Gasteiger partial charge in [0.25, 0.3) is 0 Å². The molecule has 2 aromatic rings. The fourth-order valence-electron chi connectivity index (χ4n) is 2.96. The largest absolute Gasteiger partial charge is 0.354 e. The number of unbranched alkanes of at least 4 members (excludes halogenated alkanes) is 1. The number of rotatable bonds is 11. The van der Waals surface area contributed by atoms with Crippen LogP contribution in [0.25, 0.3) is 0 Å². The van der Waals surface area contributed by atoms with Gasteiger partial charge in [-0.15, -0.1) is 11.8 Å². The number of nitrogens with zero attached hydrogens (tertiary/aromatic N) is 1. The van der Waals surface area contributed by atoms with Gasteiger partial charge in [0.15, 0.2) is 0 Å². The lowest BCUT2D eigenvalue weighted by molar-refractivity contribution is -0.138. The van der Waals surface area contributed by atoms with Gasteiger partial charge >= 0.3 is 0 Å². The first kappa shape index (κ1) is 24.3. The predicted molar refractivity (Wildman–Crippen MR) is 127 cm³/mol. The van der Waals surface area contributed by atoms with Crippen LogP contribution in [0.1, 0.15) is 43.4 Å². The number of benzene rings is 2. The minimum absolute atomic E-state index is 0.0502. The van der Waals surface area contributed by atoms with Crippen molar-refractivity contribution in [3.05, 3.63) is 70.2 Å². The van der Waals surface area contributed by atoms with Crippen LogP contribution < -0.4 is 5.32 Å². The first-order chi connectivity index (χ1) is 14.4. The second-order valence-corrected chi connectivity index (χ2v) is 8.80. The summed E-state index contributed by atoms with van der Waals surface area (Å²) in [5.74, 6) is 0.788. The molecule has 0 heterocycles. The van der Waals surface area contributed by atoms with E-state index in [2.05, 4.69) is 12.2 Å². The van der Waals surface area contributed by atoms with Crippen molar-refractivity contribution in [1.29, 1.82) is 0 Å². The van der Waals surface area contributed by atoms with Crippen molar-refractivity contribution in [2.45, 2.75) is 52.0 Å². The maximum atomic E-state index is 13.1. The van der Waals surface area contributed by atoms with E-state index < -0.39 is 6.04 Å². The van der Waals surface area contributed by atoms with Crippen LogP contribution in [0.5, 0.6) is 0 Å². The van der Waals surface area contributed by atoms with Crippen LogP contribution in [0, 0.1) is 6.92 Å². The molecule has 0 aromatic heterocycles. The number of carbonyl (C=O) groups is 2. The first-order valence-corrected chi connectivity index (χ1v) is 11.9. The number of thioether (sulfide) groups is 1. The Morgan fingerprint density at radius 3 is 2.50 bits per heavy atom. The average molecular weight is 447 g/mol. The van der Waals surface area contributed by atoms with Crippen molar-refractivity contribution in [3.63, 3.8) is 0 Å². The monoisotopic (exact) mass is 446 g/mol. The molecule has 1 atom stereocenters. The second-order valence-electron chi connectivity index (χ2n) is 7.41. The molecule has 1 N–H and O–H groups in total. The van der Waals surface area contributed by atoms with Crippen LogP contribution in [0.3, 0.4) is 0 Å². The lowest BCUT2D eigenvalue weighted by Gasteiger charge is -2.29. The third-order valence-electron chi connectivity index (χ3n) is 4.91. The molecule has 6 heteroatoms. The number of halogens is 1. The van der Waals surface area contributed by atoms with E-state index in [-0.39, 0.29) is 11.8 Å². The SMILES string of the molecule is CCCCNC(=O)[C@H](C)N(Cc1ccc(C)cc1)C(=O)CSCc1ccccc1Cl. The van der Waals surface area contributed by atoms with Crippen molar-refractivity contribution in [3.8, 4) is 0 Å². The van der Waals surface area contributed by atoms with E-state index >= 15 is 0 Å². The molecule has 2 aromatic carbocycles. The molecule has 0 bridgehead atoms. The second kappa shape index (κ2) is 12.7. The van der Waals surface area contributed by atoms with Crippen molar-refractivity contribution in [2.75, 3.05) is 12.3 Å². The summed E-state index contributed by atoms with van der Waals surface area (Å²) in [6, 6.07) is 15.2. The molecule has 0 saturated heterocycles. The molecule has 0 radical (unpaired) electrons. The predicted octanol–water partition coefficient (Wildman–Crippen LogP) is 5.22. The highest BCUT2D eigenvalue weighted by Crippen LogP contribution is 2.21. The lowest BCUT2D eigenvalue weighted by atomic mass is 10.1. The molecule has 2 rings (SSSR count). The van der Waals surface area contributed by atoms with E-state index in [1.54, 1.807) is 11.8 Å². The van der Waals surface area contributed by atoms with E-state index in [1.165, 1.54) is 11.8 Å². The van der Waals surface area contributed by atoms with Crippen LogP contribution in [-0.4, -0.2) is 35.1 Å². The van der Waals surface area contributed by atoms with Gasteiger partial charge in [-0.1, -0.05) is 73.0 Å². The summed E-state index contributed by atoms with van der Waals surface area (Å²) in [4.78, 5) is 27.3. The summed E-state index contributed by atoms with van der Waals surface area (Å²) in [5, 5.41) is 3.65. The molecular formula is C24H31ClN2O2S. The van der Waals surface area contributed by atoms with E-state index in [4.69, 9.17) is 11.6 Å². The fourth-order valence-corrected chi connectivity index (χ4v) is 4.15. The Hall–Kier alpha value is -1.98. The van der Waals surface area contributed by atoms with Crippen molar-refractivity contribution in [1.82, 2.24) is 10.2 Å². The number of hydrogen-bond acceptors (Lipinski definition) is 3. The van der Waals surface area contributed by atoms with E-state index in [9.17, 15) is 9.59 Å². The van der Waals surface area contributed by atoms with Crippen LogP contribution >= 0.6 is 23.4 Å². The number of aryl methyl sites for hydroxylation is 1. The van der Waals surface area contributed by atoms with E-state index in [1.807, 2.05) is 55.5 Å². The maximum Gasteiger partial charge on any atom is 0.242 e. The Morgan fingerprint density at radius 1 is 1.13 bits per heavy atom. The Morgan fingerprint density at radius 2 is 1.83 bits per heavy atom. The zero-order valence-corrected chi connectivity index (χ0v) is 19.6. The summed E-state index contributed by atoms with van der Waals surface area (Å²) in [6.07, 6.45) is 1.94. The maximum absolute atomic E-state index is 13.1. The van der Waals surface area contributed by atoms with E-state index in [0.29, 0.717) is 29.6 Å². The molecule has 0 saturated carbocycles. The molecule has 0 spiro atoms. The highest BCUT2D eigenvalue weighted by molar-refractivity contribution is 7.99. The van der Waals surface area contributed by atoms with Crippen LogP contribution in [0.2, 0.25) is 5.02 Å². The number of hydrogen-bond donors (Lipinski definition) is 1. The van der Waals surface area contributed by atoms with Crippen molar-refractivity contribution in [2.24, 2.45) is 0 Å². The molecule has 0 fully saturated rings. The standard InChI is InChI=1S/C24H31ClN2O2S/c1-4-5-14-26-24(29)19(3)27(15-20-12-10-18(2)11-13-20)23(28)17-30-16-21-8-6-7-9-22(21)25/h6-13,19H,4-5,14-17H2,1-3H3,(H,26,29)/t19-/m0/s1. The van der Waals surface area contributed by atoms with Crippen molar-refractivity contribution >= 4 is 35.2 Å². The molecule has 30 heavy (non-hydrogen) atoms. The van der Waals surface area contributed by atoms with Crippen molar-refractivity contribution < 1.29 is 9.59 Å². The Kier molecular flexibility index (Phi) is 10.2. The first-order valence-electron chi connectivity index (χ1n) is 10.4. The van der Waals surface area contributed by atoms with Gasteiger partial charge in [-0.3, -0.25) is 9.59 Å². The van der Waals surface area contributed by atoms with Gasteiger partial charge in [-0.25, -0.2) is 0 Å². The summed E-state index contributed by atoms with van der Waals surface area (Å²) < 4.78 is 0. The van der Waals surface area contributed by atoms with E-state index in [0.717, 1.165) is 29.5 Å². The smallest absolute Gasteiger partial charge is 0.242 e. The molecule has 0 aliphatic carbocycles. The topological polar surface area (TPSA) is 49.4 Å². The lowest BCUT2D eigenvalue weighted by Crippen LogP contribution is -2.48. The third-order valence-corrected chi connectivity index (χ3v) is 6.25. The number of carbonyl (C=O) groups excluding carboxylic acids is 2. The third kappa shape index (κ3) is 7.69. The molecule has 0 unspecified atom stereocenters. The van der Waals surface area contributed by atoms with Gasteiger partial charge in [-0.05, 0) is 37.5 Å². The highest BCUT2D eigenvalue weighted by atomic mass is 35.5. The number of amides is 2. The van der Waals surface area contributed by atoms with Gasteiger partial charge in [0.2, 0.25) is 11.8 Å². The minimum atomic E-state index is -0.531. The summed E-state index contributed by atoms with van der Waals surface area (Å²) in [5.41, 5.74) is 3.18. The molecule has 0 aliphatic heterocycles. The van der Waals surface area contributed by atoms with Crippen LogP contribution in [0.4, 0.5) is 0 Å². The molecule has 4 nitrogen and oxygen atoms in total. The minimum Gasteiger partial charge on any atom is -0.354 e. The van der Waals surface area contributed by atoms with Gasteiger partial charge in [-0.2, -0.15) is 0 Å². The number of nitrogens with one attached hydrogen (secondary N) is 1. The molecule has 0 aliphatic rings. The van der Waals surface area contributed by atoms with Crippen LogP contribution in [0.15, 0.2) is 48.5 Å². The molecular weight excluding hydrogens is 416 g/mol. The Bertz CT molecular complexity index is 826. The fraction of sp³-hybridized carbons (Fsp3) is 0.417. The Labute approximate surface area is 189 Å². The molecule has 2 amide bonds. The highest BCUT2D eigenvalue weighted by Gasteiger charge is 2.25. The quantitative estimate of drug-likeness (QED) is 0.481. The summed E-state index contributed by atoms with van der Waals surface area (Å²) >= 11 is 7.73. The normalized spacial score (nSPS) is 11.7. The zero-order chi connectivity index (χ0) is 21.9. The van der Waals surface area contributed by atoms with Crippen LogP contribution in [-0.2, 0) is 21.9 Å². The van der Waals surface area contributed by atoms with Gasteiger partial charge in [0.05, 0.1) is 5.75 Å². The summed E-state index contributed by atoms with van der Waals surface area (Å²) in [7, 11) is 0. The summed E-state index contributed by atoms with van der Waals surface area (Å²) in [6.45, 7) is 6.95. The zero-order valence-electron chi connectivity index (χ0n) is 18.0.